The van der Waals surface area contributed by atoms with E-state index in [1.165, 1.54) is 4.90 Å². The summed E-state index contributed by atoms with van der Waals surface area (Å²) in [7, 11) is 1.84. The fourth-order valence-corrected chi connectivity index (χ4v) is 3.24. The molecule has 2 amide bonds. The molecule has 1 aromatic carbocycles. The molecule has 0 spiro atoms. The molecule has 1 saturated heterocycles. The van der Waals surface area contributed by atoms with Crippen LogP contribution in [-0.2, 0) is 16.1 Å². The van der Waals surface area contributed by atoms with Gasteiger partial charge < -0.3 is 0 Å². The lowest BCUT2D eigenvalue weighted by Gasteiger charge is -2.26. The quantitative estimate of drug-likeness (QED) is 0.775. The molecule has 132 valence electrons. The molecule has 0 unspecified atom stereocenters. The molecular formula is C20H20N4O2. The number of likely N-dealkylation sites (N-methyl/N-ethyl adjacent to an activating group) is 1. The first-order chi connectivity index (χ1) is 12.5. The van der Waals surface area contributed by atoms with Gasteiger partial charge in [-0.25, -0.2) is 0 Å². The zero-order valence-corrected chi connectivity index (χ0v) is 14.8. The fourth-order valence-electron chi connectivity index (χ4n) is 3.24. The van der Waals surface area contributed by atoms with Crippen molar-refractivity contribution in [2.45, 2.75) is 32.0 Å². The van der Waals surface area contributed by atoms with Crippen molar-refractivity contribution in [3.8, 4) is 6.07 Å². The number of hydrogen-bond acceptors (Lipinski definition) is 5. The second-order valence-electron chi connectivity index (χ2n) is 6.51. The average Bonchev–Trinajstić information content (AvgIpc) is 2.97. The minimum Gasteiger partial charge on any atom is -0.290 e. The van der Waals surface area contributed by atoms with Gasteiger partial charge in [-0.1, -0.05) is 18.2 Å². The molecular weight excluding hydrogens is 328 g/mol. The van der Waals surface area contributed by atoms with Crippen LogP contribution in [0.15, 0.2) is 48.8 Å². The fraction of sp³-hybridized carbons (Fsp3) is 0.300. The number of nitriles is 1. The third kappa shape index (κ3) is 3.48. The van der Waals surface area contributed by atoms with E-state index in [0.29, 0.717) is 12.1 Å². The lowest BCUT2D eigenvalue weighted by Crippen LogP contribution is -2.40. The second kappa shape index (κ2) is 7.46. The van der Waals surface area contributed by atoms with E-state index in [2.05, 4.69) is 11.1 Å². The average molecular weight is 348 g/mol. The van der Waals surface area contributed by atoms with E-state index < -0.39 is 6.04 Å². The van der Waals surface area contributed by atoms with E-state index in [9.17, 15) is 9.59 Å². The summed E-state index contributed by atoms with van der Waals surface area (Å²) in [6.07, 6.45) is 3.52. The molecule has 1 aliphatic heterocycles. The Balaban J connectivity index is 1.72. The molecule has 2 heterocycles. The molecule has 0 radical (unpaired) electrons. The molecule has 6 nitrogen and oxygen atoms in total. The van der Waals surface area contributed by atoms with Crippen molar-refractivity contribution >= 4 is 11.8 Å². The molecule has 1 aromatic heterocycles. The summed E-state index contributed by atoms with van der Waals surface area (Å²) in [6, 6.07) is 12.2. The van der Waals surface area contributed by atoms with Gasteiger partial charge >= 0.3 is 0 Å². The van der Waals surface area contributed by atoms with E-state index in [1.54, 1.807) is 30.6 Å². The molecule has 2 atom stereocenters. The number of benzene rings is 1. The highest BCUT2D eigenvalue weighted by Crippen LogP contribution is 2.28. The van der Waals surface area contributed by atoms with Gasteiger partial charge in [0, 0.05) is 18.9 Å². The summed E-state index contributed by atoms with van der Waals surface area (Å²) < 4.78 is 0. The molecule has 1 fully saturated rings. The summed E-state index contributed by atoms with van der Waals surface area (Å²) in [5.74, 6) is -0.342. The molecule has 0 aliphatic carbocycles. The van der Waals surface area contributed by atoms with E-state index in [-0.39, 0.29) is 24.3 Å². The first-order valence-electron chi connectivity index (χ1n) is 8.46. The summed E-state index contributed by atoms with van der Waals surface area (Å²) in [5.41, 5.74) is 2.43. The zero-order chi connectivity index (χ0) is 18.7. The normalized spacial score (nSPS) is 18.2. The van der Waals surface area contributed by atoms with Gasteiger partial charge in [-0.2, -0.15) is 5.26 Å². The molecule has 6 heteroatoms. The van der Waals surface area contributed by atoms with E-state index in [0.717, 1.165) is 11.1 Å². The number of pyridine rings is 1. The van der Waals surface area contributed by atoms with Crippen LogP contribution in [0.1, 0.15) is 36.1 Å². The highest BCUT2D eigenvalue weighted by molar-refractivity contribution is 6.05. The third-order valence-corrected chi connectivity index (χ3v) is 4.76. The summed E-state index contributed by atoms with van der Waals surface area (Å²) in [6.45, 7) is 2.38. The Morgan fingerprint density at radius 1 is 1.31 bits per heavy atom. The maximum absolute atomic E-state index is 12.9. The SMILES string of the molecule is C[C@H](c1cccnc1)N1C(=O)C[C@H](N(C)Cc2ccc(C#N)cc2)C1=O. The molecule has 1 aliphatic rings. The summed E-state index contributed by atoms with van der Waals surface area (Å²) in [4.78, 5) is 32.6. The Bertz CT molecular complexity index is 842. The lowest BCUT2D eigenvalue weighted by atomic mass is 10.1. The van der Waals surface area contributed by atoms with E-state index in [1.807, 2.05) is 37.1 Å². The van der Waals surface area contributed by atoms with Gasteiger partial charge in [0.1, 0.15) is 0 Å². The minimum absolute atomic E-state index is 0.164. The van der Waals surface area contributed by atoms with Crippen molar-refractivity contribution in [2.75, 3.05) is 7.05 Å². The summed E-state index contributed by atoms with van der Waals surface area (Å²) in [5, 5.41) is 8.87. The van der Waals surface area contributed by atoms with Crippen molar-refractivity contribution in [1.82, 2.24) is 14.8 Å². The van der Waals surface area contributed by atoms with Gasteiger partial charge in [-0.15, -0.1) is 0 Å². The first-order valence-corrected chi connectivity index (χ1v) is 8.46. The first kappa shape index (κ1) is 17.8. The van der Waals surface area contributed by atoms with Crippen molar-refractivity contribution in [3.05, 3.63) is 65.5 Å². The highest BCUT2D eigenvalue weighted by Gasteiger charge is 2.43. The van der Waals surface area contributed by atoms with Crippen LogP contribution in [0.2, 0.25) is 0 Å². The topological polar surface area (TPSA) is 77.3 Å². The highest BCUT2D eigenvalue weighted by atomic mass is 16.2. The smallest absolute Gasteiger partial charge is 0.247 e. The monoisotopic (exact) mass is 348 g/mol. The predicted octanol–water partition coefficient (Wildman–Crippen LogP) is 2.27. The van der Waals surface area contributed by atoms with Crippen LogP contribution < -0.4 is 0 Å². The lowest BCUT2D eigenvalue weighted by molar-refractivity contribution is -0.142. The van der Waals surface area contributed by atoms with E-state index in [4.69, 9.17) is 5.26 Å². The van der Waals surface area contributed by atoms with Crippen molar-refractivity contribution in [2.24, 2.45) is 0 Å². The number of carbonyl (C=O) groups excluding carboxylic acids is 2. The number of amides is 2. The van der Waals surface area contributed by atoms with Crippen molar-refractivity contribution in [1.29, 1.82) is 5.26 Å². The number of rotatable bonds is 5. The number of hydrogen-bond donors (Lipinski definition) is 0. The standard InChI is InChI=1S/C20H20N4O2/c1-14(17-4-3-9-22-12-17)24-19(25)10-18(20(24)26)23(2)13-16-7-5-15(11-21)6-8-16/h3-9,12,14,18H,10,13H2,1-2H3/t14-,18+/m1/s1. The van der Waals surface area contributed by atoms with Crippen LogP contribution in [-0.4, -0.2) is 39.7 Å². The zero-order valence-electron chi connectivity index (χ0n) is 14.8. The Kier molecular flexibility index (Phi) is 5.10. The molecule has 0 bridgehead atoms. The third-order valence-electron chi connectivity index (χ3n) is 4.76. The molecule has 3 rings (SSSR count). The number of carbonyl (C=O) groups is 2. The van der Waals surface area contributed by atoms with Crippen LogP contribution >= 0.6 is 0 Å². The molecule has 26 heavy (non-hydrogen) atoms. The van der Waals surface area contributed by atoms with Gasteiger partial charge in [-0.3, -0.25) is 24.4 Å². The predicted molar refractivity (Wildman–Crippen MR) is 95.5 cm³/mol. The van der Waals surface area contributed by atoms with Crippen LogP contribution in [0.25, 0.3) is 0 Å². The number of imide groups is 1. The van der Waals surface area contributed by atoms with Crippen molar-refractivity contribution in [3.63, 3.8) is 0 Å². The van der Waals surface area contributed by atoms with Crippen LogP contribution in [0.4, 0.5) is 0 Å². The Hall–Kier alpha value is -3.04. The van der Waals surface area contributed by atoms with Gasteiger partial charge in [0.15, 0.2) is 0 Å². The molecule has 0 saturated carbocycles. The maximum Gasteiger partial charge on any atom is 0.247 e. The second-order valence-corrected chi connectivity index (χ2v) is 6.51. The minimum atomic E-state index is -0.475. The summed E-state index contributed by atoms with van der Waals surface area (Å²) >= 11 is 0. The van der Waals surface area contributed by atoms with Gasteiger partial charge in [0.2, 0.25) is 11.8 Å². The van der Waals surface area contributed by atoms with Crippen molar-refractivity contribution < 1.29 is 9.59 Å². The Labute approximate surface area is 152 Å². The maximum atomic E-state index is 12.9. The molecule has 0 N–H and O–H groups in total. The van der Waals surface area contributed by atoms with Crippen LogP contribution in [0, 0.1) is 11.3 Å². The van der Waals surface area contributed by atoms with Crippen LogP contribution in [0.3, 0.4) is 0 Å². The van der Waals surface area contributed by atoms with E-state index >= 15 is 0 Å². The van der Waals surface area contributed by atoms with Crippen LogP contribution in [0.5, 0.6) is 0 Å². The van der Waals surface area contributed by atoms with Gasteiger partial charge in [0.05, 0.1) is 30.1 Å². The number of aromatic nitrogens is 1. The van der Waals surface area contributed by atoms with Gasteiger partial charge in [0.25, 0.3) is 0 Å². The number of nitrogens with zero attached hydrogens (tertiary/aromatic N) is 4. The molecule has 2 aromatic rings. The Morgan fingerprint density at radius 3 is 2.65 bits per heavy atom. The largest absolute Gasteiger partial charge is 0.290 e. The Morgan fingerprint density at radius 2 is 2.04 bits per heavy atom. The van der Waals surface area contributed by atoms with Gasteiger partial charge in [-0.05, 0) is 43.3 Å². The number of likely N-dealkylation sites (tertiary alicyclic amines) is 1.